The summed E-state index contributed by atoms with van der Waals surface area (Å²) in [5.41, 5.74) is 3.03. The Morgan fingerprint density at radius 2 is 2.13 bits per heavy atom. The van der Waals surface area contributed by atoms with Gasteiger partial charge in [-0.25, -0.2) is 4.98 Å². The minimum absolute atomic E-state index is 0.855. The maximum absolute atomic E-state index is 5.22. The zero-order chi connectivity index (χ0) is 10.1. The zero-order valence-electron chi connectivity index (χ0n) is 8.44. The minimum atomic E-state index is 0.855. The van der Waals surface area contributed by atoms with E-state index in [1.54, 1.807) is 0 Å². The number of benzene rings is 1. The van der Waals surface area contributed by atoms with Crippen LogP contribution in [-0.4, -0.2) is 31.2 Å². The smallest absolute Gasteiger partial charge is 0.181 e. The number of nitrogens with zero attached hydrogens (tertiary/aromatic N) is 2. The van der Waals surface area contributed by atoms with Crippen LogP contribution in [0.4, 0.5) is 5.69 Å². The second-order valence-corrected chi connectivity index (χ2v) is 3.74. The third kappa shape index (κ3) is 1.57. The molecule has 0 amide bonds. The summed E-state index contributed by atoms with van der Waals surface area (Å²) in [6.07, 6.45) is 1.49. The first-order valence-corrected chi connectivity index (χ1v) is 5.22. The molecule has 1 fully saturated rings. The second-order valence-electron chi connectivity index (χ2n) is 3.74. The van der Waals surface area contributed by atoms with Gasteiger partial charge in [-0.05, 0) is 18.2 Å². The van der Waals surface area contributed by atoms with Crippen LogP contribution in [0.2, 0.25) is 0 Å². The topological polar surface area (TPSA) is 41.3 Å². The van der Waals surface area contributed by atoms with Crippen LogP contribution < -0.4 is 10.2 Å². The molecule has 15 heavy (non-hydrogen) atoms. The predicted molar refractivity (Wildman–Crippen MR) is 59.1 cm³/mol. The molecule has 4 heteroatoms. The summed E-state index contributed by atoms with van der Waals surface area (Å²) in [7, 11) is 0. The van der Waals surface area contributed by atoms with E-state index in [-0.39, 0.29) is 0 Å². The van der Waals surface area contributed by atoms with Crippen LogP contribution in [0.25, 0.3) is 11.1 Å². The van der Waals surface area contributed by atoms with Crippen molar-refractivity contribution in [3.63, 3.8) is 0 Å². The van der Waals surface area contributed by atoms with Crippen molar-refractivity contribution in [2.24, 2.45) is 0 Å². The van der Waals surface area contributed by atoms with E-state index in [1.165, 1.54) is 12.1 Å². The van der Waals surface area contributed by atoms with Crippen molar-refractivity contribution in [3.05, 3.63) is 24.6 Å². The third-order valence-electron chi connectivity index (χ3n) is 2.80. The van der Waals surface area contributed by atoms with Gasteiger partial charge in [-0.2, -0.15) is 0 Å². The van der Waals surface area contributed by atoms with E-state index >= 15 is 0 Å². The largest absolute Gasteiger partial charge is 0.443 e. The summed E-state index contributed by atoms with van der Waals surface area (Å²) < 4.78 is 5.22. The van der Waals surface area contributed by atoms with Gasteiger partial charge < -0.3 is 14.6 Å². The first kappa shape index (κ1) is 8.73. The standard InChI is InChI=1S/C11H13N3O/c1-2-11-10(13-8-15-11)7-9(1)14-5-3-12-4-6-14/h1-2,7-8,12H,3-6H2. The maximum Gasteiger partial charge on any atom is 0.181 e. The summed E-state index contributed by atoms with van der Waals surface area (Å²) in [6.45, 7) is 4.22. The van der Waals surface area contributed by atoms with Gasteiger partial charge in [-0.15, -0.1) is 0 Å². The SMILES string of the molecule is c1nc2cc(N3CCNCC3)ccc2o1. The monoisotopic (exact) mass is 203 g/mol. The van der Waals surface area contributed by atoms with Crippen LogP contribution in [0, 0.1) is 0 Å². The Kier molecular flexibility index (Phi) is 2.07. The highest BCUT2D eigenvalue weighted by molar-refractivity contribution is 5.77. The van der Waals surface area contributed by atoms with Crippen molar-refractivity contribution in [2.45, 2.75) is 0 Å². The number of rotatable bonds is 1. The first-order chi connectivity index (χ1) is 7.43. The van der Waals surface area contributed by atoms with Crippen molar-refractivity contribution < 1.29 is 4.42 Å². The molecule has 0 radical (unpaired) electrons. The van der Waals surface area contributed by atoms with Crippen LogP contribution >= 0.6 is 0 Å². The highest BCUT2D eigenvalue weighted by Gasteiger charge is 2.11. The molecule has 1 saturated heterocycles. The van der Waals surface area contributed by atoms with Gasteiger partial charge in [0.05, 0.1) is 0 Å². The van der Waals surface area contributed by atoms with E-state index < -0.39 is 0 Å². The van der Waals surface area contributed by atoms with Crippen molar-refractivity contribution in [1.82, 2.24) is 10.3 Å². The van der Waals surface area contributed by atoms with Crippen molar-refractivity contribution >= 4 is 16.8 Å². The quantitative estimate of drug-likeness (QED) is 0.757. The lowest BCUT2D eigenvalue weighted by Crippen LogP contribution is -2.43. The molecule has 4 nitrogen and oxygen atoms in total. The van der Waals surface area contributed by atoms with Gasteiger partial charge in [0, 0.05) is 31.9 Å². The zero-order valence-corrected chi connectivity index (χ0v) is 8.44. The van der Waals surface area contributed by atoms with E-state index in [2.05, 4.69) is 27.3 Å². The highest BCUT2D eigenvalue weighted by Crippen LogP contribution is 2.21. The lowest BCUT2D eigenvalue weighted by Gasteiger charge is -2.29. The van der Waals surface area contributed by atoms with E-state index in [4.69, 9.17) is 4.42 Å². The molecular weight excluding hydrogens is 190 g/mol. The molecule has 0 unspecified atom stereocenters. The van der Waals surface area contributed by atoms with E-state index in [1.807, 2.05) is 6.07 Å². The fraction of sp³-hybridized carbons (Fsp3) is 0.364. The Labute approximate surface area is 87.9 Å². The second kappa shape index (κ2) is 3.55. The predicted octanol–water partition coefficient (Wildman–Crippen LogP) is 1.24. The van der Waals surface area contributed by atoms with Gasteiger partial charge in [0.2, 0.25) is 0 Å². The number of piperazine rings is 1. The minimum Gasteiger partial charge on any atom is -0.443 e. The normalized spacial score (nSPS) is 17.2. The van der Waals surface area contributed by atoms with Crippen LogP contribution in [0.3, 0.4) is 0 Å². The van der Waals surface area contributed by atoms with E-state index in [0.717, 1.165) is 37.3 Å². The number of aromatic nitrogens is 1. The molecule has 2 aromatic rings. The van der Waals surface area contributed by atoms with Gasteiger partial charge in [0.25, 0.3) is 0 Å². The summed E-state index contributed by atoms with van der Waals surface area (Å²) in [6, 6.07) is 6.17. The molecule has 0 atom stereocenters. The Bertz CT molecular complexity index is 460. The maximum atomic E-state index is 5.22. The molecule has 0 saturated carbocycles. The van der Waals surface area contributed by atoms with Crippen LogP contribution in [0.5, 0.6) is 0 Å². The van der Waals surface area contributed by atoms with Crippen LogP contribution in [0.1, 0.15) is 0 Å². The molecule has 3 rings (SSSR count). The average molecular weight is 203 g/mol. The Morgan fingerprint density at radius 1 is 1.27 bits per heavy atom. The van der Waals surface area contributed by atoms with Gasteiger partial charge in [-0.3, -0.25) is 0 Å². The molecule has 0 bridgehead atoms. The first-order valence-electron chi connectivity index (χ1n) is 5.22. The summed E-state index contributed by atoms with van der Waals surface area (Å²) >= 11 is 0. The Balaban J connectivity index is 1.95. The van der Waals surface area contributed by atoms with Crippen LogP contribution in [0.15, 0.2) is 29.0 Å². The van der Waals surface area contributed by atoms with E-state index in [0.29, 0.717) is 0 Å². The average Bonchev–Trinajstić information content (AvgIpc) is 2.77. The number of hydrogen-bond acceptors (Lipinski definition) is 4. The van der Waals surface area contributed by atoms with Crippen molar-refractivity contribution in [2.75, 3.05) is 31.1 Å². The fourth-order valence-electron chi connectivity index (χ4n) is 1.97. The number of hydrogen-bond donors (Lipinski definition) is 1. The summed E-state index contributed by atoms with van der Waals surface area (Å²) in [4.78, 5) is 6.53. The Hall–Kier alpha value is -1.55. The number of nitrogens with one attached hydrogen (secondary N) is 1. The van der Waals surface area contributed by atoms with Crippen molar-refractivity contribution in [1.29, 1.82) is 0 Å². The summed E-state index contributed by atoms with van der Waals surface area (Å²) in [5, 5.41) is 3.34. The lowest BCUT2D eigenvalue weighted by atomic mass is 10.2. The number of fused-ring (bicyclic) bond motifs is 1. The molecular formula is C11H13N3O. The lowest BCUT2D eigenvalue weighted by molar-refractivity contribution is 0.589. The highest BCUT2D eigenvalue weighted by atomic mass is 16.3. The molecule has 0 aliphatic carbocycles. The van der Waals surface area contributed by atoms with Gasteiger partial charge in [-0.1, -0.05) is 0 Å². The van der Waals surface area contributed by atoms with Crippen molar-refractivity contribution in [3.8, 4) is 0 Å². The molecule has 0 spiro atoms. The molecule has 1 N–H and O–H groups in total. The fourth-order valence-corrected chi connectivity index (χ4v) is 1.97. The van der Waals surface area contributed by atoms with E-state index in [9.17, 15) is 0 Å². The number of anilines is 1. The third-order valence-corrected chi connectivity index (χ3v) is 2.80. The molecule has 2 heterocycles. The van der Waals surface area contributed by atoms with Gasteiger partial charge in [0.15, 0.2) is 12.0 Å². The Morgan fingerprint density at radius 3 is 3.00 bits per heavy atom. The molecule has 1 aromatic carbocycles. The summed E-state index contributed by atoms with van der Waals surface area (Å²) in [5.74, 6) is 0. The molecule has 78 valence electrons. The molecule has 1 aliphatic heterocycles. The van der Waals surface area contributed by atoms with Crippen LogP contribution in [-0.2, 0) is 0 Å². The molecule has 1 aliphatic rings. The number of oxazole rings is 1. The molecule has 1 aromatic heterocycles. The van der Waals surface area contributed by atoms with Gasteiger partial charge in [0.1, 0.15) is 5.52 Å². The van der Waals surface area contributed by atoms with Gasteiger partial charge >= 0.3 is 0 Å².